The van der Waals surface area contributed by atoms with Gasteiger partial charge in [-0.3, -0.25) is 9.69 Å². The Hall–Kier alpha value is -0.750. The van der Waals surface area contributed by atoms with Crippen molar-refractivity contribution in [1.82, 2.24) is 4.90 Å². The van der Waals surface area contributed by atoms with Crippen molar-refractivity contribution < 1.29 is 14.3 Å². The molecule has 1 aliphatic rings. The van der Waals surface area contributed by atoms with Crippen molar-refractivity contribution >= 4 is 21.7 Å². The van der Waals surface area contributed by atoms with Crippen molar-refractivity contribution in [2.45, 2.75) is 12.2 Å². The van der Waals surface area contributed by atoms with E-state index in [1.807, 2.05) is 24.3 Å². The van der Waals surface area contributed by atoms with Crippen LogP contribution in [0.5, 0.6) is 0 Å². The largest absolute Gasteiger partial charge is 0.377 e. The topological polar surface area (TPSA) is 38.8 Å². The SMILES string of the molecule is COC1CN(CC(=O)c2ccc(Br)cc2)CC1OC. The van der Waals surface area contributed by atoms with E-state index in [1.165, 1.54) is 0 Å². The summed E-state index contributed by atoms with van der Waals surface area (Å²) in [5, 5.41) is 0. The van der Waals surface area contributed by atoms with Gasteiger partial charge in [-0.25, -0.2) is 0 Å². The van der Waals surface area contributed by atoms with E-state index in [4.69, 9.17) is 9.47 Å². The summed E-state index contributed by atoms with van der Waals surface area (Å²) in [6.07, 6.45) is 0.0884. The number of ether oxygens (including phenoxy) is 2. The van der Waals surface area contributed by atoms with Crippen molar-refractivity contribution in [3.8, 4) is 0 Å². The number of methoxy groups -OCH3 is 2. The zero-order chi connectivity index (χ0) is 13.8. The molecule has 0 N–H and O–H groups in total. The molecule has 1 aliphatic heterocycles. The summed E-state index contributed by atoms with van der Waals surface area (Å²) < 4.78 is 11.7. The van der Waals surface area contributed by atoms with E-state index in [2.05, 4.69) is 20.8 Å². The summed E-state index contributed by atoms with van der Waals surface area (Å²) >= 11 is 3.36. The molecule has 2 unspecified atom stereocenters. The van der Waals surface area contributed by atoms with Crippen molar-refractivity contribution in [2.24, 2.45) is 0 Å². The molecule has 1 saturated heterocycles. The number of nitrogens with zero attached hydrogens (tertiary/aromatic N) is 1. The highest BCUT2D eigenvalue weighted by Gasteiger charge is 2.33. The molecule has 0 aromatic heterocycles. The Morgan fingerprint density at radius 2 is 1.74 bits per heavy atom. The lowest BCUT2D eigenvalue weighted by Crippen LogP contribution is -2.29. The fourth-order valence-corrected chi connectivity index (χ4v) is 2.59. The second kappa shape index (κ2) is 6.61. The Kier molecular flexibility index (Phi) is 5.10. The highest BCUT2D eigenvalue weighted by Crippen LogP contribution is 2.17. The van der Waals surface area contributed by atoms with Crippen LogP contribution in [-0.2, 0) is 9.47 Å². The van der Waals surface area contributed by atoms with Crippen LogP contribution in [0.25, 0.3) is 0 Å². The number of hydrogen-bond acceptors (Lipinski definition) is 4. The highest BCUT2D eigenvalue weighted by molar-refractivity contribution is 9.10. The zero-order valence-electron chi connectivity index (χ0n) is 11.1. The standard InChI is InChI=1S/C14H18BrNO3/c1-18-13-8-16(9-14(13)19-2)7-12(17)10-3-5-11(15)6-4-10/h3-6,13-14H,7-9H2,1-2H3. The van der Waals surface area contributed by atoms with Gasteiger partial charge in [0, 0.05) is 37.3 Å². The van der Waals surface area contributed by atoms with Gasteiger partial charge in [0.2, 0.25) is 0 Å². The number of halogens is 1. The third kappa shape index (κ3) is 3.63. The fourth-order valence-electron chi connectivity index (χ4n) is 2.33. The van der Waals surface area contributed by atoms with Gasteiger partial charge in [0.25, 0.3) is 0 Å². The first-order valence-corrected chi connectivity index (χ1v) is 7.00. The average molecular weight is 328 g/mol. The minimum atomic E-state index is 0.0442. The molecule has 5 heteroatoms. The van der Waals surface area contributed by atoms with Gasteiger partial charge < -0.3 is 9.47 Å². The summed E-state index contributed by atoms with van der Waals surface area (Å²) in [4.78, 5) is 14.2. The average Bonchev–Trinajstić information content (AvgIpc) is 2.81. The predicted octanol–water partition coefficient (Wildman–Crippen LogP) is 1.98. The van der Waals surface area contributed by atoms with Gasteiger partial charge >= 0.3 is 0 Å². The van der Waals surface area contributed by atoms with Crippen LogP contribution in [0.4, 0.5) is 0 Å². The number of rotatable bonds is 5. The minimum Gasteiger partial charge on any atom is -0.377 e. The molecule has 0 radical (unpaired) electrons. The van der Waals surface area contributed by atoms with Crippen LogP contribution in [0.15, 0.2) is 28.7 Å². The molecule has 4 nitrogen and oxygen atoms in total. The van der Waals surface area contributed by atoms with Gasteiger partial charge in [0.05, 0.1) is 18.8 Å². The molecule has 0 aliphatic carbocycles. The molecule has 1 aromatic rings. The third-order valence-corrected chi connectivity index (χ3v) is 3.96. The molecular formula is C14H18BrNO3. The first-order valence-electron chi connectivity index (χ1n) is 6.20. The van der Waals surface area contributed by atoms with E-state index < -0.39 is 0 Å². The summed E-state index contributed by atoms with van der Waals surface area (Å²) in [6.45, 7) is 1.87. The molecule has 1 fully saturated rings. The van der Waals surface area contributed by atoms with Gasteiger partial charge in [-0.15, -0.1) is 0 Å². The first kappa shape index (κ1) is 14.7. The maximum Gasteiger partial charge on any atom is 0.176 e. The summed E-state index contributed by atoms with van der Waals surface area (Å²) in [5.74, 6) is 0.124. The first-order chi connectivity index (χ1) is 9.13. The lowest BCUT2D eigenvalue weighted by atomic mass is 10.1. The molecule has 19 heavy (non-hydrogen) atoms. The van der Waals surface area contributed by atoms with Crippen LogP contribution >= 0.6 is 15.9 Å². The van der Waals surface area contributed by atoms with Gasteiger partial charge in [0.1, 0.15) is 0 Å². The van der Waals surface area contributed by atoms with Crippen LogP contribution in [-0.4, -0.2) is 56.7 Å². The molecule has 2 atom stereocenters. The van der Waals surface area contributed by atoms with E-state index in [0.717, 1.165) is 23.1 Å². The number of ketones is 1. The van der Waals surface area contributed by atoms with Crippen LogP contribution < -0.4 is 0 Å². The van der Waals surface area contributed by atoms with Crippen LogP contribution in [0.2, 0.25) is 0 Å². The smallest absolute Gasteiger partial charge is 0.176 e. The van der Waals surface area contributed by atoms with Gasteiger partial charge in [-0.2, -0.15) is 0 Å². The van der Waals surface area contributed by atoms with Gasteiger partial charge in [0.15, 0.2) is 5.78 Å². The monoisotopic (exact) mass is 327 g/mol. The van der Waals surface area contributed by atoms with Crippen molar-refractivity contribution in [3.05, 3.63) is 34.3 Å². The van der Waals surface area contributed by atoms with Gasteiger partial charge in [-0.1, -0.05) is 28.1 Å². The van der Waals surface area contributed by atoms with Crippen LogP contribution in [0, 0.1) is 0 Å². The lowest BCUT2D eigenvalue weighted by Gasteiger charge is -2.13. The highest BCUT2D eigenvalue weighted by atomic mass is 79.9. The Morgan fingerprint density at radius 3 is 2.21 bits per heavy atom. The number of hydrogen-bond donors (Lipinski definition) is 0. The van der Waals surface area contributed by atoms with Crippen LogP contribution in [0.3, 0.4) is 0 Å². The predicted molar refractivity (Wildman–Crippen MR) is 76.5 cm³/mol. The Balaban J connectivity index is 1.95. The molecule has 0 spiro atoms. The second-order valence-electron chi connectivity index (χ2n) is 4.67. The number of carbonyl (C=O) groups is 1. The molecule has 0 saturated carbocycles. The maximum absolute atomic E-state index is 12.2. The molecule has 1 aromatic carbocycles. The van der Waals surface area contributed by atoms with E-state index in [-0.39, 0.29) is 18.0 Å². The number of carbonyl (C=O) groups excluding carboxylic acids is 1. The van der Waals surface area contributed by atoms with E-state index in [1.54, 1.807) is 14.2 Å². The number of benzene rings is 1. The molecule has 1 heterocycles. The molecule has 0 bridgehead atoms. The van der Waals surface area contributed by atoms with E-state index in [9.17, 15) is 4.79 Å². The molecule has 2 rings (SSSR count). The van der Waals surface area contributed by atoms with E-state index >= 15 is 0 Å². The Morgan fingerprint density at radius 1 is 1.21 bits per heavy atom. The van der Waals surface area contributed by atoms with Crippen LogP contribution in [0.1, 0.15) is 10.4 Å². The van der Waals surface area contributed by atoms with Crippen molar-refractivity contribution in [2.75, 3.05) is 33.9 Å². The van der Waals surface area contributed by atoms with E-state index in [0.29, 0.717) is 6.54 Å². The lowest BCUT2D eigenvalue weighted by molar-refractivity contribution is -0.00461. The summed E-state index contributed by atoms with van der Waals surface area (Å²) in [7, 11) is 3.35. The minimum absolute atomic E-state index is 0.0442. The summed E-state index contributed by atoms with van der Waals surface area (Å²) in [6, 6.07) is 7.44. The fraction of sp³-hybridized carbons (Fsp3) is 0.500. The molecule has 104 valence electrons. The quantitative estimate of drug-likeness (QED) is 0.775. The maximum atomic E-state index is 12.2. The number of Topliss-reactive ketones (excluding diaryl/α,β-unsaturated/α-hetero) is 1. The second-order valence-corrected chi connectivity index (χ2v) is 5.59. The number of likely N-dealkylation sites (tertiary alicyclic amines) is 1. The zero-order valence-corrected chi connectivity index (χ0v) is 12.7. The molecule has 0 amide bonds. The normalized spacial score (nSPS) is 23.7. The Bertz CT molecular complexity index is 423. The third-order valence-electron chi connectivity index (χ3n) is 3.43. The van der Waals surface area contributed by atoms with Crippen molar-refractivity contribution in [3.63, 3.8) is 0 Å². The van der Waals surface area contributed by atoms with Gasteiger partial charge in [-0.05, 0) is 12.1 Å². The Labute approximate surface area is 121 Å². The summed E-state index contributed by atoms with van der Waals surface area (Å²) in [5.41, 5.74) is 0.734. The molecular weight excluding hydrogens is 310 g/mol. The van der Waals surface area contributed by atoms with Crippen molar-refractivity contribution in [1.29, 1.82) is 0 Å².